The van der Waals surface area contributed by atoms with E-state index >= 15 is 0 Å². The number of carbonyl (C=O) groups excluding carboxylic acids is 1. The van der Waals surface area contributed by atoms with Crippen LogP contribution < -0.4 is 0 Å². The number of likely N-dealkylation sites (tertiary alicyclic amines) is 1. The number of carboxylic acid groups (broad SMARTS) is 1. The second-order valence-corrected chi connectivity index (χ2v) is 5.03. The summed E-state index contributed by atoms with van der Waals surface area (Å²) >= 11 is 0. The zero-order valence-corrected chi connectivity index (χ0v) is 10.1. The van der Waals surface area contributed by atoms with Gasteiger partial charge in [-0.25, -0.2) is 4.79 Å². The topological polar surface area (TPSA) is 60.9 Å². The zero-order chi connectivity index (χ0) is 12.5. The van der Waals surface area contributed by atoms with Gasteiger partial charge >= 0.3 is 12.0 Å². The number of hydrogen-bond donors (Lipinski definition) is 1. The molecule has 2 aliphatic heterocycles. The Morgan fingerprint density at radius 2 is 2.00 bits per heavy atom. The Bertz CT molecular complexity index is 367. The summed E-state index contributed by atoms with van der Waals surface area (Å²) in [7, 11) is 0. The van der Waals surface area contributed by atoms with Gasteiger partial charge in [0.2, 0.25) is 0 Å². The Morgan fingerprint density at radius 1 is 1.24 bits per heavy atom. The van der Waals surface area contributed by atoms with Crippen LogP contribution >= 0.6 is 0 Å². The molecule has 1 unspecified atom stereocenters. The van der Waals surface area contributed by atoms with Crippen LogP contribution in [0.4, 0.5) is 4.79 Å². The number of carbonyl (C=O) groups is 2. The van der Waals surface area contributed by atoms with E-state index < -0.39 is 11.4 Å². The average Bonchev–Trinajstić information content (AvgIpc) is 2.74. The monoisotopic (exact) mass is 238 g/mol. The van der Waals surface area contributed by atoms with Gasteiger partial charge in [-0.15, -0.1) is 0 Å². The van der Waals surface area contributed by atoms with E-state index in [0.29, 0.717) is 26.1 Å². The highest BCUT2D eigenvalue weighted by Gasteiger charge is 2.42. The summed E-state index contributed by atoms with van der Waals surface area (Å²) in [5.74, 6) is -0.814. The molecule has 5 heteroatoms. The van der Waals surface area contributed by atoms with E-state index in [0.717, 1.165) is 13.0 Å². The summed E-state index contributed by atoms with van der Waals surface area (Å²) < 4.78 is 0. The van der Waals surface area contributed by atoms with Crippen LogP contribution in [0.2, 0.25) is 0 Å². The predicted octanol–water partition coefficient (Wildman–Crippen LogP) is 1.16. The fourth-order valence-electron chi connectivity index (χ4n) is 2.31. The van der Waals surface area contributed by atoms with Crippen molar-refractivity contribution in [3.05, 3.63) is 12.2 Å². The fourth-order valence-corrected chi connectivity index (χ4v) is 2.31. The maximum Gasteiger partial charge on any atom is 0.320 e. The normalized spacial score (nSPS) is 28.5. The first-order chi connectivity index (χ1) is 8.03. The molecule has 0 aromatic rings. The Morgan fingerprint density at radius 3 is 2.53 bits per heavy atom. The molecule has 0 spiro atoms. The first-order valence-electron chi connectivity index (χ1n) is 5.95. The first kappa shape index (κ1) is 12.0. The predicted molar refractivity (Wildman–Crippen MR) is 62.7 cm³/mol. The van der Waals surface area contributed by atoms with Gasteiger partial charge in [-0.1, -0.05) is 12.2 Å². The van der Waals surface area contributed by atoms with E-state index in [4.69, 9.17) is 5.11 Å². The van der Waals surface area contributed by atoms with Crippen LogP contribution in [-0.2, 0) is 4.79 Å². The lowest BCUT2D eigenvalue weighted by atomic mass is 9.90. The minimum Gasteiger partial charge on any atom is -0.481 e. The Balaban J connectivity index is 1.98. The number of rotatable bonds is 1. The highest BCUT2D eigenvalue weighted by Crippen LogP contribution is 2.30. The standard InChI is InChI=1S/C12H18N2O3/c1-12(10(15)16)5-8-14(9-12)11(17)13-6-3-2-4-7-13/h2-3H,4-9H2,1H3,(H,15,16). The zero-order valence-electron chi connectivity index (χ0n) is 10.1. The number of amides is 2. The Hall–Kier alpha value is -1.52. The molecule has 2 heterocycles. The van der Waals surface area contributed by atoms with Crippen molar-refractivity contribution < 1.29 is 14.7 Å². The lowest BCUT2D eigenvalue weighted by molar-refractivity contribution is -0.147. The third-order valence-electron chi connectivity index (χ3n) is 3.59. The van der Waals surface area contributed by atoms with Crippen LogP contribution in [0.3, 0.4) is 0 Å². The third kappa shape index (κ3) is 2.28. The minimum atomic E-state index is -0.814. The maximum absolute atomic E-state index is 12.1. The van der Waals surface area contributed by atoms with Crippen molar-refractivity contribution in [2.75, 3.05) is 26.2 Å². The quantitative estimate of drug-likeness (QED) is 0.697. The molecule has 1 fully saturated rings. The van der Waals surface area contributed by atoms with Gasteiger partial charge in [0.1, 0.15) is 0 Å². The van der Waals surface area contributed by atoms with Crippen LogP contribution in [0.1, 0.15) is 19.8 Å². The second kappa shape index (κ2) is 4.39. The van der Waals surface area contributed by atoms with E-state index in [2.05, 4.69) is 6.08 Å². The van der Waals surface area contributed by atoms with Crippen LogP contribution in [0.15, 0.2) is 12.2 Å². The van der Waals surface area contributed by atoms with Crippen LogP contribution in [0.5, 0.6) is 0 Å². The van der Waals surface area contributed by atoms with Gasteiger partial charge in [-0.05, 0) is 19.8 Å². The van der Waals surface area contributed by atoms with Crippen molar-refractivity contribution in [1.29, 1.82) is 0 Å². The van der Waals surface area contributed by atoms with Gasteiger partial charge in [0.15, 0.2) is 0 Å². The lowest BCUT2D eigenvalue weighted by Gasteiger charge is -2.29. The maximum atomic E-state index is 12.1. The summed E-state index contributed by atoms with van der Waals surface area (Å²) in [4.78, 5) is 26.7. The highest BCUT2D eigenvalue weighted by molar-refractivity contribution is 5.79. The molecule has 1 saturated heterocycles. The van der Waals surface area contributed by atoms with Crippen LogP contribution in [-0.4, -0.2) is 53.1 Å². The van der Waals surface area contributed by atoms with Gasteiger partial charge in [0, 0.05) is 26.2 Å². The van der Waals surface area contributed by atoms with Crippen molar-refractivity contribution in [2.45, 2.75) is 19.8 Å². The van der Waals surface area contributed by atoms with Gasteiger partial charge in [-0.3, -0.25) is 4.79 Å². The van der Waals surface area contributed by atoms with Crippen molar-refractivity contribution in [3.63, 3.8) is 0 Å². The molecule has 2 aliphatic rings. The second-order valence-electron chi connectivity index (χ2n) is 5.03. The van der Waals surface area contributed by atoms with Crippen LogP contribution in [0.25, 0.3) is 0 Å². The molecule has 2 amide bonds. The van der Waals surface area contributed by atoms with E-state index in [1.807, 2.05) is 6.08 Å². The largest absolute Gasteiger partial charge is 0.481 e. The molecule has 5 nitrogen and oxygen atoms in total. The third-order valence-corrected chi connectivity index (χ3v) is 3.59. The van der Waals surface area contributed by atoms with Crippen molar-refractivity contribution in [1.82, 2.24) is 9.80 Å². The van der Waals surface area contributed by atoms with Crippen molar-refractivity contribution in [2.24, 2.45) is 5.41 Å². The highest BCUT2D eigenvalue weighted by atomic mass is 16.4. The molecule has 2 rings (SSSR count). The molecule has 0 aromatic carbocycles. The molecular formula is C12H18N2O3. The Kier molecular flexibility index (Phi) is 3.09. The summed E-state index contributed by atoms with van der Waals surface area (Å²) in [5.41, 5.74) is -0.777. The van der Waals surface area contributed by atoms with Crippen molar-refractivity contribution in [3.8, 4) is 0 Å². The van der Waals surface area contributed by atoms with Gasteiger partial charge < -0.3 is 14.9 Å². The van der Waals surface area contributed by atoms with Gasteiger partial charge in [0.25, 0.3) is 0 Å². The van der Waals surface area contributed by atoms with Crippen LogP contribution in [0, 0.1) is 5.41 Å². The molecule has 0 bridgehead atoms. The first-order valence-corrected chi connectivity index (χ1v) is 5.95. The van der Waals surface area contributed by atoms with Gasteiger partial charge in [0.05, 0.1) is 5.41 Å². The van der Waals surface area contributed by atoms with E-state index in [9.17, 15) is 9.59 Å². The summed E-state index contributed by atoms with van der Waals surface area (Å²) in [6.45, 7) is 3.94. The smallest absolute Gasteiger partial charge is 0.320 e. The minimum absolute atomic E-state index is 0.0284. The summed E-state index contributed by atoms with van der Waals surface area (Å²) in [6.07, 6.45) is 5.47. The lowest BCUT2D eigenvalue weighted by Crippen LogP contribution is -2.44. The molecular weight excluding hydrogens is 220 g/mol. The van der Waals surface area contributed by atoms with E-state index in [1.54, 1.807) is 16.7 Å². The molecule has 0 saturated carbocycles. The van der Waals surface area contributed by atoms with Crippen molar-refractivity contribution >= 4 is 12.0 Å². The molecule has 1 atom stereocenters. The average molecular weight is 238 g/mol. The molecule has 0 aliphatic carbocycles. The Labute approximate surface area is 101 Å². The molecule has 0 radical (unpaired) electrons. The van der Waals surface area contributed by atoms with Gasteiger partial charge in [-0.2, -0.15) is 0 Å². The molecule has 94 valence electrons. The van der Waals surface area contributed by atoms with E-state index in [-0.39, 0.29) is 6.03 Å². The fraction of sp³-hybridized carbons (Fsp3) is 0.667. The molecule has 0 aromatic heterocycles. The van der Waals surface area contributed by atoms with E-state index in [1.165, 1.54) is 0 Å². The number of hydrogen-bond acceptors (Lipinski definition) is 2. The SMILES string of the molecule is CC1(C(=O)O)CCN(C(=O)N2CC=CCC2)C1. The number of aliphatic carboxylic acids is 1. The number of urea groups is 1. The summed E-state index contributed by atoms with van der Waals surface area (Å²) in [5, 5.41) is 9.12. The summed E-state index contributed by atoms with van der Waals surface area (Å²) in [6, 6.07) is -0.0284. The molecule has 1 N–H and O–H groups in total. The number of nitrogens with zero attached hydrogens (tertiary/aromatic N) is 2. The number of carboxylic acids is 1. The molecule has 17 heavy (non-hydrogen) atoms.